The number of hydrogen-bond acceptors (Lipinski definition) is 5. The number of anilines is 1. The summed E-state index contributed by atoms with van der Waals surface area (Å²) in [4.78, 5) is 4.54. The lowest BCUT2D eigenvalue weighted by atomic mass is 10.1. The molecule has 0 amide bonds. The van der Waals surface area contributed by atoms with Gasteiger partial charge in [0.05, 0.1) is 12.6 Å². The lowest BCUT2D eigenvalue weighted by molar-refractivity contribution is 0.127. The van der Waals surface area contributed by atoms with E-state index in [2.05, 4.69) is 28.5 Å². The molecule has 0 aromatic carbocycles. The fourth-order valence-electron chi connectivity index (χ4n) is 1.61. The second-order valence-electron chi connectivity index (χ2n) is 4.89. The van der Waals surface area contributed by atoms with E-state index in [0.29, 0.717) is 17.9 Å². The van der Waals surface area contributed by atoms with Gasteiger partial charge in [0, 0.05) is 24.1 Å². The predicted octanol–water partition coefficient (Wildman–Crippen LogP) is 2.89. The molecule has 1 unspecified atom stereocenters. The summed E-state index contributed by atoms with van der Waals surface area (Å²) in [5.74, 6) is 2.18. The van der Waals surface area contributed by atoms with Gasteiger partial charge in [-0.15, -0.1) is 0 Å². The van der Waals surface area contributed by atoms with Crippen LogP contribution in [0.4, 0.5) is 5.13 Å². The van der Waals surface area contributed by atoms with Crippen LogP contribution in [0.2, 0.25) is 0 Å². The third-order valence-electron chi connectivity index (χ3n) is 3.00. The molecule has 17 heavy (non-hydrogen) atoms. The molecule has 5 heteroatoms. The first-order valence-corrected chi connectivity index (χ1v) is 7.16. The monoisotopic (exact) mass is 255 g/mol. The van der Waals surface area contributed by atoms with Gasteiger partial charge in [0.1, 0.15) is 5.82 Å². The van der Waals surface area contributed by atoms with E-state index >= 15 is 0 Å². The molecule has 1 aromatic heterocycles. The zero-order valence-corrected chi connectivity index (χ0v) is 11.6. The van der Waals surface area contributed by atoms with Gasteiger partial charge in [0.25, 0.3) is 0 Å². The van der Waals surface area contributed by atoms with E-state index in [4.69, 9.17) is 4.74 Å². The molecular weight excluding hydrogens is 234 g/mol. The van der Waals surface area contributed by atoms with Crippen LogP contribution in [0.3, 0.4) is 0 Å². The Morgan fingerprint density at radius 3 is 2.82 bits per heavy atom. The summed E-state index contributed by atoms with van der Waals surface area (Å²) in [6.45, 7) is 7.90. The second kappa shape index (κ2) is 5.78. The van der Waals surface area contributed by atoms with Gasteiger partial charge < -0.3 is 10.1 Å². The van der Waals surface area contributed by atoms with E-state index in [1.54, 1.807) is 0 Å². The van der Waals surface area contributed by atoms with Crippen molar-refractivity contribution in [3.05, 3.63) is 5.82 Å². The first-order chi connectivity index (χ1) is 8.20. The first-order valence-electron chi connectivity index (χ1n) is 6.38. The normalized spacial score (nSPS) is 17.4. The quantitative estimate of drug-likeness (QED) is 0.814. The predicted molar refractivity (Wildman–Crippen MR) is 70.6 cm³/mol. The molecule has 1 saturated carbocycles. The molecule has 2 rings (SSSR count). The van der Waals surface area contributed by atoms with Crippen molar-refractivity contribution in [3.63, 3.8) is 0 Å². The summed E-state index contributed by atoms with van der Waals surface area (Å²) in [7, 11) is 0. The molecule has 0 aliphatic heterocycles. The SMILES string of the molecule is CCOCC(Nc1nc(C2CC2)ns1)C(C)C. The Hall–Kier alpha value is -0.680. The van der Waals surface area contributed by atoms with E-state index in [1.165, 1.54) is 24.4 Å². The highest BCUT2D eigenvalue weighted by Gasteiger charge is 2.28. The van der Waals surface area contributed by atoms with Gasteiger partial charge >= 0.3 is 0 Å². The van der Waals surface area contributed by atoms with Gasteiger partial charge in [-0.3, -0.25) is 0 Å². The fourth-order valence-corrected chi connectivity index (χ4v) is 2.31. The van der Waals surface area contributed by atoms with Crippen LogP contribution in [-0.2, 0) is 4.74 Å². The van der Waals surface area contributed by atoms with Crippen LogP contribution in [0.5, 0.6) is 0 Å². The molecule has 0 bridgehead atoms. The number of aromatic nitrogens is 2. The van der Waals surface area contributed by atoms with Gasteiger partial charge in [-0.1, -0.05) is 13.8 Å². The molecule has 96 valence electrons. The van der Waals surface area contributed by atoms with E-state index in [-0.39, 0.29) is 0 Å². The highest BCUT2D eigenvalue weighted by atomic mass is 32.1. The molecule has 0 radical (unpaired) electrons. The van der Waals surface area contributed by atoms with E-state index in [0.717, 1.165) is 24.2 Å². The van der Waals surface area contributed by atoms with Gasteiger partial charge in [0.2, 0.25) is 5.13 Å². The zero-order chi connectivity index (χ0) is 12.3. The van der Waals surface area contributed by atoms with Crippen LogP contribution < -0.4 is 5.32 Å². The maximum atomic E-state index is 5.49. The van der Waals surface area contributed by atoms with Crippen LogP contribution in [0.25, 0.3) is 0 Å². The molecule has 1 aromatic rings. The van der Waals surface area contributed by atoms with Crippen molar-refractivity contribution in [3.8, 4) is 0 Å². The molecule has 4 nitrogen and oxygen atoms in total. The average molecular weight is 255 g/mol. The third kappa shape index (κ3) is 3.64. The van der Waals surface area contributed by atoms with Crippen molar-refractivity contribution in [2.24, 2.45) is 5.92 Å². The second-order valence-corrected chi connectivity index (χ2v) is 5.64. The summed E-state index contributed by atoms with van der Waals surface area (Å²) in [5.41, 5.74) is 0. The van der Waals surface area contributed by atoms with E-state index < -0.39 is 0 Å². The highest BCUT2D eigenvalue weighted by molar-refractivity contribution is 7.09. The van der Waals surface area contributed by atoms with E-state index in [9.17, 15) is 0 Å². The van der Waals surface area contributed by atoms with Crippen LogP contribution in [-0.4, -0.2) is 28.6 Å². The topological polar surface area (TPSA) is 47.0 Å². The lowest BCUT2D eigenvalue weighted by Crippen LogP contribution is -2.30. The Morgan fingerprint density at radius 2 is 2.24 bits per heavy atom. The largest absolute Gasteiger partial charge is 0.380 e. The smallest absolute Gasteiger partial charge is 0.202 e. The number of rotatable bonds is 7. The summed E-state index contributed by atoms with van der Waals surface area (Å²) in [5, 5.41) is 4.37. The Kier molecular flexibility index (Phi) is 4.34. The third-order valence-corrected chi connectivity index (χ3v) is 3.66. The minimum Gasteiger partial charge on any atom is -0.380 e. The molecule has 1 aliphatic carbocycles. The van der Waals surface area contributed by atoms with Gasteiger partial charge in [0.15, 0.2) is 0 Å². The van der Waals surface area contributed by atoms with Crippen LogP contribution in [0.15, 0.2) is 0 Å². The Balaban J connectivity index is 1.90. The summed E-state index contributed by atoms with van der Waals surface area (Å²) in [6.07, 6.45) is 2.51. The van der Waals surface area contributed by atoms with E-state index in [1.807, 2.05) is 6.92 Å². The first kappa shape index (κ1) is 12.8. The highest BCUT2D eigenvalue weighted by Crippen LogP contribution is 2.39. The van der Waals surface area contributed by atoms with Crippen molar-refractivity contribution in [2.45, 2.75) is 45.6 Å². The summed E-state index contributed by atoms with van der Waals surface area (Å²) >= 11 is 1.47. The van der Waals surface area contributed by atoms with Crippen molar-refractivity contribution < 1.29 is 4.74 Å². The molecule has 1 heterocycles. The summed E-state index contributed by atoms with van der Waals surface area (Å²) in [6, 6.07) is 0.315. The van der Waals surface area contributed by atoms with Crippen molar-refractivity contribution in [1.29, 1.82) is 0 Å². The maximum Gasteiger partial charge on any atom is 0.202 e. The minimum absolute atomic E-state index is 0.315. The van der Waals surface area contributed by atoms with Crippen molar-refractivity contribution in [1.82, 2.24) is 9.36 Å². The van der Waals surface area contributed by atoms with Gasteiger partial charge in [-0.2, -0.15) is 4.37 Å². The zero-order valence-electron chi connectivity index (χ0n) is 10.8. The maximum absolute atomic E-state index is 5.49. The molecule has 1 N–H and O–H groups in total. The van der Waals surface area contributed by atoms with Crippen LogP contribution in [0.1, 0.15) is 45.4 Å². The molecule has 1 fully saturated rings. The Bertz CT molecular complexity index is 349. The molecule has 1 atom stereocenters. The summed E-state index contributed by atoms with van der Waals surface area (Å²) < 4.78 is 9.89. The molecule has 0 spiro atoms. The number of nitrogens with one attached hydrogen (secondary N) is 1. The van der Waals surface area contributed by atoms with Crippen molar-refractivity contribution in [2.75, 3.05) is 18.5 Å². The number of hydrogen-bond donors (Lipinski definition) is 1. The standard InChI is InChI=1S/C12H21N3OS/c1-4-16-7-10(8(2)3)13-12-14-11(15-17-12)9-5-6-9/h8-10H,4-7H2,1-3H3,(H,13,14,15). The molecular formula is C12H21N3OS. The lowest BCUT2D eigenvalue weighted by Gasteiger charge is -2.21. The number of nitrogens with zero attached hydrogens (tertiary/aromatic N) is 2. The minimum atomic E-state index is 0.315. The van der Waals surface area contributed by atoms with Crippen molar-refractivity contribution >= 4 is 16.7 Å². The molecule has 1 aliphatic rings. The Labute approximate surface area is 107 Å². The van der Waals surface area contributed by atoms with Crippen LogP contribution in [0, 0.1) is 5.92 Å². The Morgan fingerprint density at radius 1 is 1.47 bits per heavy atom. The molecule has 0 saturated heterocycles. The van der Waals surface area contributed by atoms with Gasteiger partial charge in [-0.05, 0) is 25.7 Å². The average Bonchev–Trinajstić information content (AvgIpc) is 3.05. The van der Waals surface area contributed by atoms with Gasteiger partial charge in [-0.25, -0.2) is 4.98 Å². The fraction of sp³-hybridized carbons (Fsp3) is 0.833. The van der Waals surface area contributed by atoms with Crippen LogP contribution >= 0.6 is 11.5 Å². The number of ether oxygens (including phenoxy) is 1.